The number of thiocarbonyl (C=S) groups is 1. The summed E-state index contributed by atoms with van der Waals surface area (Å²) >= 11 is 5.73. The highest BCUT2D eigenvalue weighted by molar-refractivity contribution is 7.80. The zero-order valence-corrected chi connectivity index (χ0v) is 18.2. The molecule has 1 atom stereocenters. The van der Waals surface area contributed by atoms with E-state index in [9.17, 15) is 0 Å². The lowest BCUT2D eigenvalue weighted by Gasteiger charge is -2.30. The van der Waals surface area contributed by atoms with Crippen LogP contribution in [0.25, 0.3) is 0 Å². The fourth-order valence-electron chi connectivity index (χ4n) is 3.09. The molecule has 1 heterocycles. The standard InChI is InChI=1S/C21H36N4OS/c1-5-18(2)22-21(27)25(12-6-11-24-13-15-26-16-14-24)17-19-7-9-20(10-8-19)23(3)4/h7-10,18H,5-6,11-17H2,1-4H3,(H,22,27). The molecular weight excluding hydrogens is 356 g/mol. The lowest BCUT2D eigenvalue weighted by atomic mass is 10.2. The Kier molecular flexibility index (Phi) is 9.31. The van der Waals surface area contributed by atoms with Gasteiger partial charge in [-0.25, -0.2) is 0 Å². The molecule has 1 saturated heterocycles. The fraction of sp³-hybridized carbons (Fsp3) is 0.667. The maximum absolute atomic E-state index is 5.73. The van der Waals surface area contributed by atoms with Crippen molar-refractivity contribution in [3.05, 3.63) is 29.8 Å². The van der Waals surface area contributed by atoms with Gasteiger partial charge in [0.2, 0.25) is 0 Å². The summed E-state index contributed by atoms with van der Waals surface area (Å²) in [6, 6.07) is 9.15. The van der Waals surface area contributed by atoms with Crippen molar-refractivity contribution < 1.29 is 4.74 Å². The van der Waals surface area contributed by atoms with Gasteiger partial charge in [-0.1, -0.05) is 19.1 Å². The summed E-state index contributed by atoms with van der Waals surface area (Å²) in [5.74, 6) is 0. The van der Waals surface area contributed by atoms with Crippen LogP contribution in [0.15, 0.2) is 24.3 Å². The topological polar surface area (TPSA) is 31.0 Å². The van der Waals surface area contributed by atoms with Gasteiger partial charge in [-0.15, -0.1) is 0 Å². The second-order valence-corrected chi connectivity index (χ2v) is 7.94. The normalized spacial score (nSPS) is 16.0. The van der Waals surface area contributed by atoms with E-state index >= 15 is 0 Å². The van der Waals surface area contributed by atoms with Crippen molar-refractivity contribution in [1.82, 2.24) is 15.1 Å². The Morgan fingerprint density at radius 1 is 1.22 bits per heavy atom. The van der Waals surface area contributed by atoms with Crippen molar-refractivity contribution in [2.75, 3.05) is 58.4 Å². The van der Waals surface area contributed by atoms with Crippen LogP contribution < -0.4 is 10.2 Å². The second-order valence-electron chi connectivity index (χ2n) is 7.55. The van der Waals surface area contributed by atoms with E-state index in [1.165, 1.54) is 11.3 Å². The van der Waals surface area contributed by atoms with Gasteiger partial charge in [0.1, 0.15) is 0 Å². The minimum Gasteiger partial charge on any atom is -0.379 e. The number of morpholine rings is 1. The lowest BCUT2D eigenvalue weighted by Crippen LogP contribution is -2.44. The first-order valence-corrected chi connectivity index (χ1v) is 10.5. The first kappa shape index (κ1) is 21.9. The van der Waals surface area contributed by atoms with Crippen LogP contribution in [0.3, 0.4) is 0 Å². The molecule has 5 nitrogen and oxygen atoms in total. The van der Waals surface area contributed by atoms with Crippen LogP contribution >= 0.6 is 12.2 Å². The highest BCUT2D eigenvalue weighted by Gasteiger charge is 2.14. The molecule has 0 spiro atoms. The summed E-state index contributed by atoms with van der Waals surface area (Å²) in [5, 5.41) is 4.35. The van der Waals surface area contributed by atoms with Gasteiger partial charge in [0.15, 0.2) is 5.11 Å². The number of hydrogen-bond acceptors (Lipinski definition) is 4. The molecule has 2 rings (SSSR count). The van der Waals surface area contributed by atoms with E-state index in [1.54, 1.807) is 0 Å². The van der Waals surface area contributed by atoms with E-state index in [0.717, 1.165) is 63.9 Å². The number of ether oxygens (including phenoxy) is 1. The lowest BCUT2D eigenvalue weighted by molar-refractivity contribution is 0.0367. The summed E-state index contributed by atoms with van der Waals surface area (Å²) in [4.78, 5) is 6.92. The molecular formula is C21H36N4OS. The first-order chi connectivity index (χ1) is 13.0. The predicted molar refractivity (Wildman–Crippen MR) is 119 cm³/mol. The van der Waals surface area contributed by atoms with Gasteiger partial charge in [0.25, 0.3) is 0 Å². The van der Waals surface area contributed by atoms with E-state index in [1.807, 2.05) is 0 Å². The average molecular weight is 393 g/mol. The second kappa shape index (κ2) is 11.5. The van der Waals surface area contributed by atoms with E-state index in [4.69, 9.17) is 17.0 Å². The van der Waals surface area contributed by atoms with Gasteiger partial charge in [-0.05, 0) is 49.7 Å². The highest BCUT2D eigenvalue weighted by atomic mass is 32.1. The molecule has 1 fully saturated rings. The predicted octanol–water partition coefficient (Wildman–Crippen LogP) is 2.95. The van der Waals surface area contributed by atoms with Crippen LogP contribution in [0.5, 0.6) is 0 Å². The maximum atomic E-state index is 5.73. The third-order valence-corrected chi connectivity index (χ3v) is 5.48. The van der Waals surface area contributed by atoms with Crippen LogP contribution in [0.4, 0.5) is 5.69 Å². The quantitative estimate of drug-likeness (QED) is 0.650. The maximum Gasteiger partial charge on any atom is 0.169 e. The number of nitrogens with zero attached hydrogens (tertiary/aromatic N) is 3. The molecule has 1 unspecified atom stereocenters. The Balaban J connectivity index is 1.94. The van der Waals surface area contributed by atoms with Crippen molar-refractivity contribution in [3.63, 3.8) is 0 Å². The van der Waals surface area contributed by atoms with Crippen LogP contribution in [0, 0.1) is 0 Å². The van der Waals surface area contributed by atoms with Crippen molar-refractivity contribution in [1.29, 1.82) is 0 Å². The molecule has 1 aliphatic rings. The molecule has 0 saturated carbocycles. The monoisotopic (exact) mass is 392 g/mol. The van der Waals surface area contributed by atoms with Gasteiger partial charge < -0.3 is 19.9 Å². The van der Waals surface area contributed by atoms with E-state index < -0.39 is 0 Å². The van der Waals surface area contributed by atoms with E-state index in [0.29, 0.717) is 6.04 Å². The zero-order chi connectivity index (χ0) is 19.6. The van der Waals surface area contributed by atoms with E-state index in [2.05, 4.69) is 72.2 Å². The summed E-state index contributed by atoms with van der Waals surface area (Å²) in [7, 11) is 4.14. The average Bonchev–Trinajstić information content (AvgIpc) is 2.68. The van der Waals surface area contributed by atoms with Gasteiger partial charge in [-0.3, -0.25) is 4.90 Å². The molecule has 1 aliphatic heterocycles. The fourth-order valence-corrected chi connectivity index (χ4v) is 3.44. The van der Waals surface area contributed by atoms with Gasteiger partial charge in [-0.2, -0.15) is 0 Å². The number of benzene rings is 1. The first-order valence-electron chi connectivity index (χ1n) is 10.1. The molecule has 6 heteroatoms. The molecule has 152 valence electrons. The molecule has 1 aromatic rings. The Bertz CT molecular complexity index is 558. The molecule has 1 N–H and O–H groups in total. The summed E-state index contributed by atoms with van der Waals surface area (Å²) in [6.07, 6.45) is 2.18. The Morgan fingerprint density at radius 2 is 1.89 bits per heavy atom. The van der Waals surface area contributed by atoms with Crippen molar-refractivity contribution in [2.24, 2.45) is 0 Å². The largest absolute Gasteiger partial charge is 0.379 e. The summed E-state index contributed by atoms with van der Waals surface area (Å²) in [6.45, 7) is 11.1. The van der Waals surface area contributed by atoms with Crippen molar-refractivity contribution in [3.8, 4) is 0 Å². The molecule has 27 heavy (non-hydrogen) atoms. The van der Waals surface area contributed by atoms with Crippen LogP contribution in [-0.2, 0) is 11.3 Å². The number of anilines is 1. The minimum atomic E-state index is 0.398. The zero-order valence-electron chi connectivity index (χ0n) is 17.4. The number of nitrogens with one attached hydrogen (secondary N) is 1. The highest BCUT2D eigenvalue weighted by Crippen LogP contribution is 2.14. The van der Waals surface area contributed by atoms with Gasteiger partial charge in [0.05, 0.1) is 13.2 Å². The third-order valence-electron chi connectivity index (χ3n) is 5.10. The molecule has 0 amide bonds. The molecule has 0 radical (unpaired) electrons. The SMILES string of the molecule is CCC(C)NC(=S)N(CCCN1CCOCC1)Cc1ccc(N(C)C)cc1. The van der Waals surface area contributed by atoms with Gasteiger partial charge >= 0.3 is 0 Å². The Morgan fingerprint density at radius 3 is 2.48 bits per heavy atom. The minimum absolute atomic E-state index is 0.398. The molecule has 0 aliphatic carbocycles. The number of rotatable bonds is 9. The Hall–Kier alpha value is -1.37. The summed E-state index contributed by atoms with van der Waals surface area (Å²) in [5.41, 5.74) is 2.51. The summed E-state index contributed by atoms with van der Waals surface area (Å²) < 4.78 is 5.44. The van der Waals surface area contributed by atoms with Crippen molar-refractivity contribution >= 4 is 23.0 Å². The molecule has 1 aromatic carbocycles. The smallest absolute Gasteiger partial charge is 0.169 e. The van der Waals surface area contributed by atoms with Gasteiger partial charge in [0, 0.05) is 58.5 Å². The van der Waals surface area contributed by atoms with Crippen LogP contribution in [0.1, 0.15) is 32.3 Å². The van der Waals surface area contributed by atoms with Crippen LogP contribution in [0.2, 0.25) is 0 Å². The molecule has 0 bridgehead atoms. The third kappa shape index (κ3) is 7.64. The van der Waals surface area contributed by atoms with Crippen molar-refractivity contribution in [2.45, 2.75) is 39.3 Å². The number of hydrogen-bond donors (Lipinski definition) is 1. The van der Waals surface area contributed by atoms with E-state index in [-0.39, 0.29) is 0 Å². The Labute approximate surface area is 170 Å². The molecule has 0 aromatic heterocycles. The van der Waals surface area contributed by atoms with Crippen LogP contribution in [-0.4, -0.2) is 74.4 Å².